The van der Waals surface area contributed by atoms with Gasteiger partial charge in [-0.15, -0.1) is 10.2 Å². The molecule has 0 spiro atoms. The highest BCUT2D eigenvalue weighted by Gasteiger charge is 2.14. The molecular formula is C11H14FN7O. The number of aromatic nitrogens is 5. The second kappa shape index (κ2) is 6.55. The number of H-pyrrole nitrogens is 1. The number of hydrogen-bond acceptors (Lipinski definition) is 6. The lowest BCUT2D eigenvalue weighted by molar-refractivity contribution is 0.0950. The number of carbonyl (C=O) groups excluding carboxylic acids is 1. The Morgan fingerprint density at radius 2 is 2.35 bits per heavy atom. The summed E-state index contributed by atoms with van der Waals surface area (Å²) in [7, 11) is 0. The third-order valence-corrected chi connectivity index (χ3v) is 2.44. The molecule has 0 fully saturated rings. The van der Waals surface area contributed by atoms with Crippen LogP contribution in [0, 0.1) is 5.82 Å². The molecule has 3 N–H and O–H groups in total. The van der Waals surface area contributed by atoms with E-state index in [4.69, 9.17) is 0 Å². The van der Waals surface area contributed by atoms with Crippen molar-refractivity contribution in [3.63, 3.8) is 0 Å². The van der Waals surface area contributed by atoms with E-state index in [1.54, 1.807) is 0 Å². The number of halogens is 1. The van der Waals surface area contributed by atoms with Crippen LogP contribution in [0.15, 0.2) is 12.3 Å². The van der Waals surface area contributed by atoms with Gasteiger partial charge >= 0.3 is 0 Å². The molecule has 2 rings (SSSR count). The minimum absolute atomic E-state index is 0.0963. The Morgan fingerprint density at radius 3 is 3.05 bits per heavy atom. The Hall–Kier alpha value is -2.58. The summed E-state index contributed by atoms with van der Waals surface area (Å²) in [4.78, 5) is 15.9. The van der Waals surface area contributed by atoms with E-state index in [1.165, 1.54) is 0 Å². The summed E-state index contributed by atoms with van der Waals surface area (Å²) in [5.74, 6) is -0.346. The topological polar surface area (TPSA) is 108 Å². The average molecular weight is 279 g/mol. The van der Waals surface area contributed by atoms with Crippen molar-refractivity contribution in [2.75, 3.05) is 11.9 Å². The minimum atomic E-state index is -0.572. The molecular weight excluding hydrogens is 265 g/mol. The summed E-state index contributed by atoms with van der Waals surface area (Å²) in [5, 5.41) is 18.6. The second-order valence-electron chi connectivity index (χ2n) is 3.99. The van der Waals surface area contributed by atoms with E-state index in [0.29, 0.717) is 18.2 Å². The third-order valence-electron chi connectivity index (χ3n) is 2.44. The fourth-order valence-electron chi connectivity index (χ4n) is 1.51. The van der Waals surface area contributed by atoms with Crippen molar-refractivity contribution in [1.82, 2.24) is 30.9 Å². The third kappa shape index (κ3) is 3.46. The minimum Gasteiger partial charge on any atom is -0.369 e. The van der Waals surface area contributed by atoms with Crippen LogP contribution in [0.5, 0.6) is 0 Å². The van der Waals surface area contributed by atoms with Crippen molar-refractivity contribution in [2.24, 2.45) is 0 Å². The van der Waals surface area contributed by atoms with Gasteiger partial charge in [-0.3, -0.25) is 4.79 Å². The molecule has 2 heterocycles. The van der Waals surface area contributed by atoms with Crippen LogP contribution in [0.3, 0.4) is 0 Å². The molecule has 2 aromatic heterocycles. The van der Waals surface area contributed by atoms with Crippen molar-refractivity contribution < 1.29 is 9.18 Å². The van der Waals surface area contributed by atoms with Gasteiger partial charge < -0.3 is 10.6 Å². The molecule has 1 amide bonds. The Labute approximate surface area is 114 Å². The number of hydrogen-bond donors (Lipinski definition) is 3. The first-order chi connectivity index (χ1) is 9.70. The molecule has 0 saturated heterocycles. The number of carbonyl (C=O) groups is 1. The first kappa shape index (κ1) is 13.8. The van der Waals surface area contributed by atoms with Crippen molar-refractivity contribution in [3.8, 4) is 0 Å². The van der Waals surface area contributed by atoms with Gasteiger partial charge in [0.2, 0.25) is 0 Å². The van der Waals surface area contributed by atoms with Crippen molar-refractivity contribution in [1.29, 1.82) is 0 Å². The highest BCUT2D eigenvalue weighted by Crippen LogP contribution is 2.13. The SMILES string of the molecule is CCCNc1ncc(F)cc1C(=O)NCc1nn[nH]n1. The van der Waals surface area contributed by atoms with E-state index in [-0.39, 0.29) is 12.1 Å². The van der Waals surface area contributed by atoms with E-state index in [2.05, 4.69) is 36.2 Å². The van der Waals surface area contributed by atoms with E-state index in [9.17, 15) is 9.18 Å². The van der Waals surface area contributed by atoms with Crippen LogP contribution < -0.4 is 10.6 Å². The van der Waals surface area contributed by atoms with Crippen molar-refractivity contribution >= 4 is 11.7 Å². The summed E-state index contributed by atoms with van der Waals surface area (Å²) in [6, 6.07) is 1.14. The van der Waals surface area contributed by atoms with E-state index in [1.807, 2.05) is 6.92 Å². The normalized spacial score (nSPS) is 10.3. The number of rotatable bonds is 6. The molecule has 2 aromatic rings. The fourth-order valence-corrected chi connectivity index (χ4v) is 1.51. The molecule has 0 aliphatic carbocycles. The Balaban J connectivity index is 2.08. The zero-order valence-corrected chi connectivity index (χ0v) is 10.9. The Morgan fingerprint density at radius 1 is 1.50 bits per heavy atom. The number of amides is 1. The van der Waals surface area contributed by atoms with Gasteiger partial charge in [0, 0.05) is 6.54 Å². The maximum atomic E-state index is 13.2. The standard InChI is InChI=1S/C11H14FN7O/c1-2-3-13-10-8(4-7(12)5-14-10)11(20)15-6-9-16-18-19-17-9/h4-5H,2-3,6H2,1H3,(H,13,14)(H,15,20)(H,16,17,18,19). The largest absolute Gasteiger partial charge is 0.369 e. The summed E-state index contributed by atoms with van der Waals surface area (Å²) in [5.41, 5.74) is 0.141. The Bertz CT molecular complexity index is 572. The molecule has 20 heavy (non-hydrogen) atoms. The quantitative estimate of drug-likeness (QED) is 0.710. The van der Waals surface area contributed by atoms with Crippen LogP contribution >= 0.6 is 0 Å². The molecule has 106 valence electrons. The lowest BCUT2D eigenvalue weighted by atomic mass is 10.2. The number of tetrazole rings is 1. The highest BCUT2D eigenvalue weighted by molar-refractivity contribution is 5.98. The number of nitrogens with one attached hydrogen (secondary N) is 3. The first-order valence-corrected chi connectivity index (χ1v) is 6.10. The summed E-state index contributed by atoms with van der Waals surface area (Å²) in [6.07, 6.45) is 1.93. The molecule has 8 nitrogen and oxygen atoms in total. The second-order valence-corrected chi connectivity index (χ2v) is 3.99. The molecule has 9 heteroatoms. The molecule has 0 radical (unpaired) electrons. The summed E-state index contributed by atoms with van der Waals surface area (Å²) >= 11 is 0. The molecule has 0 unspecified atom stereocenters. The van der Waals surface area contributed by atoms with Crippen LogP contribution in [0.1, 0.15) is 29.5 Å². The van der Waals surface area contributed by atoms with Gasteiger partial charge in [-0.05, 0) is 12.5 Å². The zero-order chi connectivity index (χ0) is 14.4. The molecule has 0 aliphatic heterocycles. The molecule has 0 saturated carbocycles. The lowest BCUT2D eigenvalue weighted by Crippen LogP contribution is -2.25. The summed E-state index contributed by atoms with van der Waals surface area (Å²) < 4.78 is 13.2. The molecule has 0 aliphatic rings. The number of pyridine rings is 1. The van der Waals surface area contributed by atoms with E-state index in [0.717, 1.165) is 18.7 Å². The van der Waals surface area contributed by atoms with Gasteiger partial charge in [0.15, 0.2) is 5.82 Å². The number of aromatic amines is 1. The highest BCUT2D eigenvalue weighted by atomic mass is 19.1. The smallest absolute Gasteiger partial charge is 0.255 e. The van der Waals surface area contributed by atoms with Gasteiger partial charge in [0.05, 0.1) is 18.3 Å². The number of nitrogens with zero attached hydrogens (tertiary/aromatic N) is 4. The van der Waals surface area contributed by atoms with Crippen molar-refractivity contribution in [3.05, 3.63) is 29.5 Å². The van der Waals surface area contributed by atoms with Crippen LogP contribution in [0.2, 0.25) is 0 Å². The van der Waals surface area contributed by atoms with Crippen LogP contribution in [-0.2, 0) is 6.54 Å². The Kier molecular flexibility index (Phi) is 4.53. The molecule has 0 aromatic carbocycles. The van der Waals surface area contributed by atoms with Crippen LogP contribution in [-0.4, -0.2) is 38.1 Å². The number of anilines is 1. The average Bonchev–Trinajstić information content (AvgIpc) is 2.96. The maximum Gasteiger partial charge on any atom is 0.255 e. The van der Waals surface area contributed by atoms with Gasteiger partial charge in [-0.25, -0.2) is 9.37 Å². The molecule has 0 bridgehead atoms. The van der Waals surface area contributed by atoms with E-state index < -0.39 is 11.7 Å². The zero-order valence-electron chi connectivity index (χ0n) is 10.9. The maximum absolute atomic E-state index is 13.2. The predicted molar refractivity (Wildman–Crippen MR) is 68.3 cm³/mol. The van der Waals surface area contributed by atoms with E-state index >= 15 is 0 Å². The monoisotopic (exact) mass is 279 g/mol. The predicted octanol–water partition coefficient (Wildman–Crippen LogP) is 0.486. The van der Waals surface area contributed by atoms with Crippen LogP contribution in [0.4, 0.5) is 10.2 Å². The van der Waals surface area contributed by atoms with Gasteiger partial charge in [-0.2, -0.15) is 5.21 Å². The van der Waals surface area contributed by atoms with Gasteiger partial charge in [0.25, 0.3) is 5.91 Å². The van der Waals surface area contributed by atoms with Crippen LogP contribution in [0.25, 0.3) is 0 Å². The fraction of sp³-hybridized carbons (Fsp3) is 0.364. The summed E-state index contributed by atoms with van der Waals surface area (Å²) in [6.45, 7) is 2.72. The lowest BCUT2D eigenvalue weighted by Gasteiger charge is -2.10. The molecule has 0 atom stereocenters. The van der Waals surface area contributed by atoms with Crippen molar-refractivity contribution in [2.45, 2.75) is 19.9 Å². The van der Waals surface area contributed by atoms with Gasteiger partial charge in [0.1, 0.15) is 11.6 Å². The van der Waals surface area contributed by atoms with Gasteiger partial charge in [-0.1, -0.05) is 12.1 Å². The first-order valence-electron chi connectivity index (χ1n) is 6.10.